The van der Waals surface area contributed by atoms with Crippen molar-refractivity contribution >= 4 is 17.7 Å². The number of hydrogen-bond donors (Lipinski definition) is 3. The molecule has 1 saturated carbocycles. The number of hydrogen-bond acceptors (Lipinski definition) is 5. The second-order valence-electron chi connectivity index (χ2n) is 5.06. The van der Waals surface area contributed by atoms with E-state index >= 15 is 0 Å². The minimum Gasteiger partial charge on any atom is -0.454 e. The van der Waals surface area contributed by atoms with Crippen LogP contribution in [0.5, 0.6) is 11.5 Å². The molecule has 1 aromatic rings. The molecule has 0 atom stereocenters. The van der Waals surface area contributed by atoms with Gasteiger partial charge in [-0.15, -0.1) is 0 Å². The molecule has 22 heavy (non-hydrogen) atoms. The molecule has 0 saturated heterocycles. The van der Waals surface area contributed by atoms with Crippen LogP contribution in [0.25, 0.3) is 0 Å². The highest BCUT2D eigenvalue weighted by molar-refractivity contribution is 5.96. The molecule has 2 aliphatic rings. The van der Waals surface area contributed by atoms with Gasteiger partial charge in [0.25, 0.3) is 11.8 Å². The van der Waals surface area contributed by atoms with Crippen LogP contribution >= 0.6 is 0 Å². The second kappa shape index (κ2) is 5.92. The number of hydrazine groups is 1. The monoisotopic (exact) mass is 305 g/mol. The molecule has 8 nitrogen and oxygen atoms in total. The van der Waals surface area contributed by atoms with Gasteiger partial charge in [0.05, 0.1) is 6.54 Å². The summed E-state index contributed by atoms with van der Waals surface area (Å²) in [5, 5.41) is 2.50. The summed E-state index contributed by atoms with van der Waals surface area (Å²) >= 11 is 0. The third-order valence-corrected chi connectivity index (χ3v) is 3.32. The fraction of sp³-hybridized carbons (Fsp3) is 0.357. The maximum atomic E-state index is 11.9. The topological polar surface area (TPSA) is 106 Å². The number of benzene rings is 1. The van der Waals surface area contributed by atoms with E-state index in [9.17, 15) is 14.4 Å². The van der Waals surface area contributed by atoms with Crippen molar-refractivity contribution in [3.8, 4) is 11.5 Å². The van der Waals surface area contributed by atoms with Gasteiger partial charge in [-0.3, -0.25) is 25.2 Å². The first-order valence-corrected chi connectivity index (χ1v) is 6.90. The van der Waals surface area contributed by atoms with Crippen molar-refractivity contribution in [3.05, 3.63) is 23.8 Å². The van der Waals surface area contributed by atoms with E-state index in [0.717, 1.165) is 12.8 Å². The third kappa shape index (κ3) is 3.27. The van der Waals surface area contributed by atoms with Crippen LogP contribution in [0.15, 0.2) is 18.2 Å². The Morgan fingerprint density at radius 3 is 2.64 bits per heavy atom. The van der Waals surface area contributed by atoms with E-state index in [0.29, 0.717) is 17.1 Å². The molecule has 1 aliphatic heterocycles. The largest absolute Gasteiger partial charge is 0.454 e. The summed E-state index contributed by atoms with van der Waals surface area (Å²) in [6, 6.07) is 4.71. The van der Waals surface area contributed by atoms with Crippen LogP contribution in [0, 0.1) is 5.92 Å². The maximum absolute atomic E-state index is 11.9. The van der Waals surface area contributed by atoms with Crippen molar-refractivity contribution in [1.29, 1.82) is 0 Å². The highest BCUT2D eigenvalue weighted by Gasteiger charge is 2.29. The Labute approximate surface area is 126 Å². The van der Waals surface area contributed by atoms with E-state index in [1.807, 2.05) is 0 Å². The van der Waals surface area contributed by atoms with E-state index in [-0.39, 0.29) is 25.2 Å². The first kappa shape index (κ1) is 14.2. The summed E-state index contributed by atoms with van der Waals surface area (Å²) in [6.45, 7) is -0.0470. The van der Waals surface area contributed by atoms with Gasteiger partial charge in [-0.1, -0.05) is 0 Å². The number of rotatable bonds is 4. The number of carbonyl (C=O) groups is 3. The van der Waals surface area contributed by atoms with Gasteiger partial charge in [0.2, 0.25) is 12.7 Å². The molecule has 0 bridgehead atoms. The Balaban J connectivity index is 1.45. The fourth-order valence-electron chi connectivity index (χ4n) is 1.94. The number of fused-ring (bicyclic) bond motifs is 1. The number of nitrogens with one attached hydrogen (secondary N) is 3. The second-order valence-corrected chi connectivity index (χ2v) is 5.06. The van der Waals surface area contributed by atoms with Gasteiger partial charge >= 0.3 is 0 Å². The highest BCUT2D eigenvalue weighted by atomic mass is 16.7. The lowest BCUT2D eigenvalue weighted by Crippen LogP contribution is -2.46. The standard InChI is InChI=1S/C14H15N3O5/c18-12(6-15-13(19)8-1-2-8)16-17-14(20)9-3-4-10-11(5-9)22-7-21-10/h3-5,8H,1-2,6-7H2,(H,15,19)(H,16,18)(H,17,20). The first-order valence-electron chi connectivity index (χ1n) is 6.90. The molecule has 3 rings (SSSR count). The zero-order valence-electron chi connectivity index (χ0n) is 11.7. The molecule has 1 aromatic carbocycles. The van der Waals surface area contributed by atoms with Crippen LogP contribution in [0.2, 0.25) is 0 Å². The Kier molecular flexibility index (Phi) is 3.82. The minimum atomic E-state index is -0.497. The van der Waals surface area contributed by atoms with Crippen LogP contribution in [-0.4, -0.2) is 31.1 Å². The van der Waals surface area contributed by atoms with Gasteiger partial charge in [0.1, 0.15) is 0 Å². The number of ether oxygens (including phenoxy) is 2. The van der Waals surface area contributed by atoms with E-state index in [1.54, 1.807) is 12.1 Å². The molecule has 3 amide bonds. The van der Waals surface area contributed by atoms with E-state index in [1.165, 1.54) is 6.07 Å². The van der Waals surface area contributed by atoms with Crippen LogP contribution in [-0.2, 0) is 9.59 Å². The molecular weight excluding hydrogens is 290 g/mol. The molecule has 1 heterocycles. The number of carbonyl (C=O) groups excluding carboxylic acids is 3. The van der Waals surface area contributed by atoms with Gasteiger partial charge in [0.15, 0.2) is 11.5 Å². The Morgan fingerprint density at radius 2 is 1.86 bits per heavy atom. The molecule has 0 unspecified atom stereocenters. The van der Waals surface area contributed by atoms with E-state index in [2.05, 4.69) is 16.2 Å². The number of amides is 3. The third-order valence-electron chi connectivity index (χ3n) is 3.32. The molecule has 1 aliphatic carbocycles. The average Bonchev–Trinajstić information content (AvgIpc) is 3.27. The van der Waals surface area contributed by atoms with Gasteiger partial charge in [-0.25, -0.2) is 0 Å². The van der Waals surface area contributed by atoms with E-state index < -0.39 is 11.8 Å². The summed E-state index contributed by atoms with van der Waals surface area (Å²) in [6.07, 6.45) is 1.74. The lowest BCUT2D eigenvalue weighted by atomic mass is 10.2. The maximum Gasteiger partial charge on any atom is 0.269 e. The highest BCUT2D eigenvalue weighted by Crippen LogP contribution is 2.32. The van der Waals surface area contributed by atoms with Crippen molar-refractivity contribution in [1.82, 2.24) is 16.2 Å². The molecule has 3 N–H and O–H groups in total. The van der Waals surface area contributed by atoms with Gasteiger partial charge in [-0.05, 0) is 31.0 Å². The lowest BCUT2D eigenvalue weighted by Gasteiger charge is -2.08. The summed E-state index contributed by atoms with van der Waals surface area (Å²) < 4.78 is 10.3. The summed E-state index contributed by atoms with van der Waals surface area (Å²) in [7, 11) is 0. The molecule has 0 spiro atoms. The fourth-order valence-corrected chi connectivity index (χ4v) is 1.94. The summed E-state index contributed by atoms with van der Waals surface area (Å²) in [5.41, 5.74) is 4.84. The average molecular weight is 305 g/mol. The quantitative estimate of drug-likeness (QED) is 0.662. The molecular formula is C14H15N3O5. The zero-order chi connectivity index (χ0) is 15.5. The van der Waals surface area contributed by atoms with Gasteiger partial charge in [0, 0.05) is 11.5 Å². The SMILES string of the molecule is O=C(CNC(=O)C1CC1)NNC(=O)c1ccc2c(c1)OCO2. The molecule has 0 aromatic heterocycles. The predicted octanol–water partition coefficient (Wildman–Crippen LogP) is -0.297. The van der Waals surface area contributed by atoms with Gasteiger partial charge in [-0.2, -0.15) is 0 Å². The van der Waals surface area contributed by atoms with Gasteiger partial charge < -0.3 is 14.8 Å². The predicted molar refractivity (Wildman–Crippen MR) is 73.9 cm³/mol. The van der Waals surface area contributed by atoms with Crippen molar-refractivity contribution in [2.75, 3.05) is 13.3 Å². The molecule has 116 valence electrons. The smallest absolute Gasteiger partial charge is 0.269 e. The Bertz CT molecular complexity index is 627. The summed E-state index contributed by atoms with van der Waals surface area (Å²) in [5.74, 6) is -0.0180. The normalized spacial score (nSPS) is 15.1. The van der Waals surface area contributed by atoms with Crippen LogP contribution in [0.4, 0.5) is 0 Å². The van der Waals surface area contributed by atoms with E-state index in [4.69, 9.17) is 9.47 Å². The van der Waals surface area contributed by atoms with Crippen molar-refractivity contribution in [2.24, 2.45) is 5.92 Å². The molecule has 1 fully saturated rings. The molecule has 8 heteroatoms. The van der Waals surface area contributed by atoms with Crippen LogP contribution in [0.3, 0.4) is 0 Å². The Hall–Kier alpha value is -2.77. The minimum absolute atomic E-state index is 0.0380. The first-order chi connectivity index (χ1) is 10.6. The summed E-state index contributed by atoms with van der Waals surface area (Å²) in [4.78, 5) is 34.8. The van der Waals surface area contributed by atoms with Crippen molar-refractivity contribution in [2.45, 2.75) is 12.8 Å². The Morgan fingerprint density at radius 1 is 1.09 bits per heavy atom. The van der Waals surface area contributed by atoms with Crippen LogP contribution < -0.4 is 25.6 Å². The lowest BCUT2D eigenvalue weighted by molar-refractivity contribution is -0.127. The van der Waals surface area contributed by atoms with Crippen molar-refractivity contribution < 1.29 is 23.9 Å². The zero-order valence-corrected chi connectivity index (χ0v) is 11.7. The van der Waals surface area contributed by atoms with Crippen LogP contribution in [0.1, 0.15) is 23.2 Å². The van der Waals surface area contributed by atoms with Crippen molar-refractivity contribution in [3.63, 3.8) is 0 Å². The molecule has 0 radical (unpaired) electrons.